The first-order chi connectivity index (χ1) is 12.3. The topological polar surface area (TPSA) is 75.7 Å². The molecule has 2 rings (SSSR count). The van der Waals surface area contributed by atoms with E-state index in [4.69, 9.17) is 0 Å². The van der Waals surface area contributed by atoms with Crippen molar-refractivity contribution >= 4 is 29.2 Å². The van der Waals surface area contributed by atoms with Gasteiger partial charge in [-0.15, -0.1) is 0 Å². The third-order valence-corrected chi connectivity index (χ3v) is 4.03. The van der Waals surface area contributed by atoms with Crippen molar-refractivity contribution in [1.29, 1.82) is 0 Å². The van der Waals surface area contributed by atoms with Crippen LogP contribution in [-0.4, -0.2) is 31.4 Å². The standard InChI is InChI=1S/C20H22N2O4/c1-13-6-5-7-14(2)19(13)21-18(24)12-22(15(3)23)17-10-8-16(9-11-17)20(25)26-4/h5-11H,12H2,1-4H3,(H,21,24). The number of amides is 2. The molecule has 0 radical (unpaired) electrons. The highest BCUT2D eigenvalue weighted by Crippen LogP contribution is 2.20. The van der Waals surface area contributed by atoms with Gasteiger partial charge in [0.1, 0.15) is 6.54 Å². The van der Waals surface area contributed by atoms with E-state index in [0.717, 1.165) is 16.8 Å². The quantitative estimate of drug-likeness (QED) is 0.837. The van der Waals surface area contributed by atoms with Crippen molar-refractivity contribution in [1.82, 2.24) is 0 Å². The van der Waals surface area contributed by atoms with Crippen LogP contribution >= 0.6 is 0 Å². The van der Waals surface area contributed by atoms with Crippen molar-refractivity contribution in [3.05, 3.63) is 59.2 Å². The van der Waals surface area contributed by atoms with Crippen LogP contribution in [0.25, 0.3) is 0 Å². The molecule has 0 saturated heterocycles. The van der Waals surface area contributed by atoms with Gasteiger partial charge in [-0.05, 0) is 49.2 Å². The van der Waals surface area contributed by atoms with E-state index in [0.29, 0.717) is 11.3 Å². The van der Waals surface area contributed by atoms with Gasteiger partial charge in [-0.1, -0.05) is 18.2 Å². The molecule has 0 fully saturated rings. The van der Waals surface area contributed by atoms with Crippen molar-refractivity contribution in [3.63, 3.8) is 0 Å². The Morgan fingerprint density at radius 3 is 2.08 bits per heavy atom. The summed E-state index contributed by atoms with van der Waals surface area (Å²) in [6.07, 6.45) is 0. The van der Waals surface area contributed by atoms with Crippen LogP contribution in [0.2, 0.25) is 0 Å². The second-order valence-corrected chi connectivity index (χ2v) is 5.96. The first-order valence-electron chi connectivity index (χ1n) is 8.16. The molecule has 136 valence electrons. The molecule has 2 aromatic carbocycles. The summed E-state index contributed by atoms with van der Waals surface area (Å²) in [4.78, 5) is 37.3. The number of ether oxygens (including phenoxy) is 1. The zero-order chi connectivity index (χ0) is 19.3. The highest BCUT2D eigenvalue weighted by molar-refractivity contribution is 6.02. The van der Waals surface area contributed by atoms with Crippen LogP contribution in [0.4, 0.5) is 11.4 Å². The van der Waals surface area contributed by atoms with Crippen molar-refractivity contribution in [2.45, 2.75) is 20.8 Å². The summed E-state index contributed by atoms with van der Waals surface area (Å²) in [6, 6.07) is 12.1. The molecule has 0 spiro atoms. The molecule has 0 unspecified atom stereocenters. The summed E-state index contributed by atoms with van der Waals surface area (Å²) >= 11 is 0. The Kier molecular flexibility index (Phi) is 6.11. The van der Waals surface area contributed by atoms with E-state index in [1.54, 1.807) is 24.3 Å². The fourth-order valence-electron chi connectivity index (χ4n) is 2.61. The average molecular weight is 354 g/mol. The van der Waals surface area contributed by atoms with E-state index in [1.165, 1.54) is 18.9 Å². The predicted molar refractivity (Wildman–Crippen MR) is 100 cm³/mol. The van der Waals surface area contributed by atoms with Crippen LogP contribution in [-0.2, 0) is 14.3 Å². The van der Waals surface area contributed by atoms with Gasteiger partial charge in [-0.3, -0.25) is 9.59 Å². The van der Waals surface area contributed by atoms with Gasteiger partial charge in [0, 0.05) is 18.3 Å². The Bertz CT molecular complexity index is 808. The molecule has 6 heteroatoms. The lowest BCUT2D eigenvalue weighted by Gasteiger charge is -2.21. The Labute approximate surface area is 152 Å². The van der Waals surface area contributed by atoms with Gasteiger partial charge in [-0.25, -0.2) is 4.79 Å². The van der Waals surface area contributed by atoms with E-state index in [2.05, 4.69) is 10.1 Å². The van der Waals surface area contributed by atoms with Crippen LogP contribution in [0.3, 0.4) is 0 Å². The number of esters is 1. The SMILES string of the molecule is COC(=O)c1ccc(N(CC(=O)Nc2c(C)cccc2C)C(C)=O)cc1. The van der Waals surface area contributed by atoms with Crippen LogP contribution in [0.15, 0.2) is 42.5 Å². The number of aryl methyl sites for hydroxylation is 2. The Hall–Kier alpha value is -3.15. The number of carbonyl (C=O) groups excluding carboxylic acids is 3. The fraction of sp³-hybridized carbons (Fsp3) is 0.250. The zero-order valence-electron chi connectivity index (χ0n) is 15.3. The first kappa shape index (κ1) is 19.2. The minimum absolute atomic E-state index is 0.124. The monoisotopic (exact) mass is 354 g/mol. The van der Waals surface area contributed by atoms with Gasteiger partial charge in [0.15, 0.2) is 0 Å². The molecule has 0 bridgehead atoms. The summed E-state index contributed by atoms with van der Waals surface area (Å²) in [5.74, 6) is -1.03. The summed E-state index contributed by atoms with van der Waals surface area (Å²) in [7, 11) is 1.30. The lowest BCUT2D eigenvalue weighted by atomic mass is 10.1. The minimum Gasteiger partial charge on any atom is -0.465 e. The maximum Gasteiger partial charge on any atom is 0.337 e. The lowest BCUT2D eigenvalue weighted by Crippen LogP contribution is -2.36. The van der Waals surface area contributed by atoms with Crippen molar-refractivity contribution < 1.29 is 19.1 Å². The molecular weight excluding hydrogens is 332 g/mol. The number of hydrogen-bond acceptors (Lipinski definition) is 4. The fourth-order valence-corrected chi connectivity index (χ4v) is 2.61. The van der Waals surface area contributed by atoms with E-state index in [9.17, 15) is 14.4 Å². The molecule has 0 aliphatic rings. The molecule has 0 aliphatic carbocycles. The highest BCUT2D eigenvalue weighted by Gasteiger charge is 2.17. The summed E-state index contributed by atoms with van der Waals surface area (Å²) < 4.78 is 4.65. The van der Waals surface area contributed by atoms with Gasteiger partial charge in [0.2, 0.25) is 11.8 Å². The van der Waals surface area contributed by atoms with Crippen LogP contribution < -0.4 is 10.2 Å². The van der Waals surface area contributed by atoms with Crippen LogP contribution in [0.5, 0.6) is 0 Å². The van der Waals surface area contributed by atoms with Gasteiger partial charge in [0.25, 0.3) is 0 Å². The number of nitrogens with one attached hydrogen (secondary N) is 1. The average Bonchev–Trinajstić information content (AvgIpc) is 2.62. The number of methoxy groups -OCH3 is 1. The summed E-state index contributed by atoms with van der Waals surface area (Å²) in [5.41, 5.74) is 3.56. The van der Waals surface area contributed by atoms with E-state index < -0.39 is 5.97 Å². The molecule has 1 N–H and O–H groups in total. The van der Waals surface area contributed by atoms with Crippen molar-refractivity contribution in [3.8, 4) is 0 Å². The van der Waals surface area contributed by atoms with E-state index >= 15 is 0 Å². The number of para-hydroxylation sites is 1. The third kappa shape index (κ3) is 4.47. The predicted octanol–water partition coefficient (Wildman–Crippen LogP) is 3.08. The molecule has 2 aromatic rings. The number of rotatable bonds is 5. The maximum atomic E-state index is 12.4. The Balaban J connectivity index is 2.16. The van der Waals surface area contributed by atoms with Crippen molar-refractivity contribution in [2.75, 3.05) is 23.9 Å². The second kappa shape index (κ2) is 8.29. The maximum absolute atomic E-state index is 12.4. The molecule has 6 nitrogen and oxygen atoms in total. The van der Waals surface area contributed by atoms with E-state index in [1.807, 2.05) is 32.0 Å². The van der Waals surface area contributed by atoms with Gasteiger partial charge in [-0.2, -0.15) is 0 Å². The van der Waals surface area contributed by atoms with Gasteiger partial charge >= 0.3 is 5.97 Å². The Morgan fingerprint density at radius 2 is 1.58 bits per heavy atom. The van der Waals surface area contributed by atoms with Crippen molar-refractivity contribution in [2.24, 2.45) is 0 Å². The lowest BCUT2D eigenvalue weighted by molar-refractivity contribution is -0.120. The third-order valence-electron chi connectivity index (χ3n) is 4.03. The number of nitrogens with zero attached hydrogens (tertiary/aromatic N) is 1. The molecular formula is C20H22N2O4. The molecule has 26 heavy (non-hydrogen) atoms. The number of benzene rings is 2. The molecule has 0 saturated carbocycles. The summed E-state index contributed by atoms with van der Waals surface area (Å²) in [5, 5.41) is 2.87. The van der Waals surface area contributed by atoms with Crippen LogP contribution in [0, 0.1) is 13.8 Å². The molecule has 0 atom stereocenters. The van der Waals surface area contributed by atoms with Gasteiger partial charge in [0.05, 0.1) is 12.7 Å². The zero-order valence-corrected chi connectivity index (χ0v) is 15.3. The molecule has 0 aromatic heterocycles. The smallest absolute Gasteiger partial charge is 0.337 e. The Morgan fingerprint density at radius 1 is 1.00 bits per heavy atom. The largest absolute Gasteiger partial charge is 0.465 e. The summed E-state index contributed by atoms with van der Waals surface area (Å²) in [6.45, 7) is 5.09. The van der Waals surface area contributed by atoms with E-state index in [-0.39, 0.29) is 18.4 Å². The number of carbonyl (C=O) groups is 3. The normalized spacial score (nSPS) is 10.2. The number of anilines is 2. The highest BCUT2D eigenvalue weighted by atomic mass is 16.5. The second-order valence-electron chi connectivity index (χ2n) is 5.96. The molecule has 2 amide bonds. The van der Waals surface area contributed by atoms with Gasteiger partial charge < -0.3 is 15.0 Å². The molecule has 0 aliphatic heterocycles. The first-order valence-corrected chi connectivity index (χ1v) is 8.16. The van der Waals surface area contributed by atoms with Crippen LogP contribution in [0.1, 0.15) is 28.4 Å². The number of hydrogen-bond donors (Lipinski definition) is 1. The minimum atomic E-state index is -0.460. The molecule has 0 heterocycles.